The lowest BCUT2D eigenvalue weighted by molar-refractivity contribution is -0.158. The number of anilines is 1. The molecule has 1 aliphatic heterocycles. The van der Waals surface area contributed by atoms with Gasteiger partial charge in [0.05, 0.1) is 21.4 Å². The van der Waals surface area contributed by atoms with E-state index in [0.29, 0.717) is 0 Å². The van der Waals surface area contributed by atoms with Crippen LogP contribution in [0, 0.1) is 16.4 Å². The van der Waals surface area contributed by atoms with Crippen molar-refractivity contribution in [3.63, 3.8) is 0 Å². The third-order valence-corrected chi connectivity index (χ3v) is 6.16. The van der Waals surface area contributed by atoms with Gasteiger partial charge in [0, 0.05) is 12.5 Å². The molecule has 0 amide bonds. The second-order valence-corrected chi connectivity index (χ2v) is 8.30. The van der Waals surface area contributed by atoms with Gasteiger partial charge in [-0.05, 0) is 56.0 Å². The predicted octanol–water partition coefficient (Wildman–Crippen LogP) is 2.42. The summed E-state index contributed by atoms with van der Waals surface area (Å²) in [6.07, 6.45) is 2.62. The highest BCUT2D eigenvalue weighted by Crippen LogP contribution is 2.42. The van der Waals surface area contributed by atoms with Gasteiger partial charge in [-0.15, -0.1) is 0 Å². The summed E-state index contributed by atoms with van der Waals surface area (Å²) in [5, 5.41) is 13.9. The van der Waals surface area contributed by atoms with Gasteiger partial charge in [-0.1, -0.05) is 11.8 Å². The van der Waals surface area contributed by atoms with Gasteiger partial charge in [0.1, 0.15) is 11.9 Å². The maximum Gasteiger partial charge on any atom is 0.189 e. The van der Waals surface area contributed by atoms with Crippen LogP contribution in [0.5, 0.6) is 0 Å². The Morgan fingerprint density at radius 3 is 2.70 bits per heavy atom. The molecule has 0 aromatic carbocycles. The summed E-state index contributed by atoms with van der Waals surface area (Å²) in [7, 11) is 0. The fourth-order valence-electron chi connectivity index (χ4n) is 3.30. The van der Waals surface area contributed by atoms with Crippen LogP contribution >= 0.6 is 34.4 Å². The van der Waals surface area contributed by atoms with Crippen molar-refractivity contribution in [2.75, 3.05) is 18.2 Å². The van der Waals surface area contributed by atoms with E-state index in [-0.39, 0.29) is 30.8 Å². The zero-order valence-electron chi connectivity index (χ0n) is 13.7. The Morgan fingerprint density at radius 2 is 2.04 bits per heavy atom. The van der Waals surface area contributed by atoms with E-state index in [2.05, 4.69) is 37.9 Å². The van der Waals surface area contributed by atoms with Crippen molar-refractivity contribution < 1.29 is 14.6 Å². The smallest absolute Gasteiger partial charge is 0.189 e. The number of nitrogens with zero attached hydrogens (tertiary/aromatic N) is 2. The normalized spacial score (nSPS) is 32.1. The minimum absolute atomic E-state index is 0.0662. The Hall–Kier alpha value is -0.160. The fraction of sp³-hybridized carbons (Fsp3) is 0.733. The fourth-order valence-corrected chi connectivity index (χ4v) is 4.11. The number of fused-ring (bicyclic) bond motifs is 1. The van der Waals surface area contributed by atoms with Crippen LogP contribution in [0.25, 0.3) is 0 Å². The SMILES string of the molecule is CSc1nc(C)c(I)c(NC2CC(CO)[C@H]3OC(C)(C)O[C@@H]23)n1. The van der Waals surface area contributed by atoms with Crippen molar-refractivity contribution in [1.82, 2.24) is 9.97 Å². The molecular weight excluding hydrogens is 429 g/mol. The minimum atomic E-state index is -0.609. The number of nitrogens with one attached hydrogen (secondary N) is 1. The largest absolute Gasteiger partial charge is 0.396 e. The molecule has 6 nitrogen and oxygen atoms in total. The van der Waals surface area contributed by atoms with Crippen molar-refractivity contribution >= 4 is 40.2 Å². The second-order valence-electron chi connectivity index (χ2n) is 6.45. The molecule has 1 aliphatic carbocycles. The Morgan fingerprint density at radius 1 is 1.35 bits per heavy atom. The lowest BCUT2D eigenvalue weighted by Crippen LogP contribution is -2.35. The molecule has 2 fully saturated rings. The van der Waals surface area contributed by atoms with Gasteiger partial charge in [0.15, 0.2) is 10.9 Å². The number of thioether (sulfide) groups is 1. The average molecular weight is 451 g/mol. The number of ether oxygens (including phenoxy) is 2. The molecule has 2 aliphatic rings. The number of aryl methyl sites for hydroxylation is 1. The molecule has 0 spiro atoms. The second kappa shape index (κ2) is 6.62. The van der Waals surface area contributed by atoms with Gasteiger partial charge < -0.3 is 19.9 Å². The molecule has 128 valence electrons. The summed E-state index contributed by atoms with van der Waals surface area (Å²) in [6, 6.07) is 0.0662. The van der Waals surface area contributed by atoms with Gasteiger partial charge in [0.25, 0.3) is 0 Å². The van der Waals surface area contributed by atoms with Gasteiger partial charge in [-0.2, -0.15) is 0 Å². The lowest BCUT2D eigenvalue weighted by atomic mass is 10.1. The molecule has 0 bridgehead atoms. The van der Waals surface area contributed by atoms with Crippen LogP contribution in [-0.4, -0.2) is 52.0 Å². The number of aliphatic hydroxyl groups excluding tert-OH is 1. The monoisotopic (exact) mass is 451 g/mol. The number of rotatable bonds is 4. The maximum absolute atomic E-state index is 9.65. The highest BCUT2D eigenvalue weighted by molar-refractivity contribution is 14.1. The molecule has 0 radical (unpaired) electrons. The van der Waals surface area contributed by atoms with Gasteiger partial charge in [-0.3, -0.25) is 0 Å². The van der Waals surface area contributed by atoms with E-state index in [4.69, 9.17) is 9.47 Å². The van der Waals surface area contributed by atoms with Crippen LogP contribution in [-0.2, 0) is 9.47 Å². The molecule has 1 aromatic rings. The van der Waals surface area contributed by atoms with Crippen LogP contribution in [0.15, 0.2) is 5.16 Å². The lowest BCUT2D eigenvalue weighted by Gasteiger charge is -2.24. The van der Waals surface area contributed by atoms with Crippen molar-refractivity contribution in [3.8, 4) is 0 Å². The zero-order valence-corrected chi connectivity index (χ0v) is 16.6. The van der Waals surface area contributed by atoms with E-state index in [9.17, 15) is 5.11 Å². The van der Waals surface area contributed by atoms with Crippen molar-refractivity contribution in [2.45, 2.75) is 56.4 Å². The van der Waals surface area contributed by atoms with Crippen molar-refractivity contribution in [2.24, 2.45) is 5.92 Å². The van der Waals surface area contributed by atoms with Crippen LogP contribution in [0.3, 0.4) is 0 Å². The minimum Gasteiger partial charge on any atom is -0.396 e. The summed E-state index contributed by atoms with van der Waals surface area (Å²) in [6.45, 7) is 5.93. The summed E-state index contributed by atoms with van der Waals surface area (Å²) >= 11 is 3.79. The van der Waals surface area contributed by atoms with Crippen LogP contribution in [0.4, 0.5) is 5.82 Å². The summed E-state index contributed by atoms with van der Waals surface area (Å²) in [5.74, 6) is 0.306. The first-order valence-corrected chi connectivity index (χ1v) is 9.96. The highest BCUT2D eigenvalue weighted by atomic mass is 127. The van der Waals surface area contributed by atoms with Crippen molar-refractivity contribution in [1.29, 1.82) is 0 Å². The molecule has 23 heavy (non-hydrogen) atoms. The molecule has 2 heterocycles. The maximum atomic E-state index is 9.65. The summed E-state index contributed by atoms with van der Waals surface area (Å²) < 4.78 is 13.1. The molecule has 2 unspecified atom stereocenters. The number of aliphatic hydroxyl groups is 1. The molecule has 2 N–H and O–H groups in total. The van der Waals surface area contributed by atoms with Crippen LogP contribution in [0.2, 0.25) is 0 Å². The topological polar surface area (TPSA) is 76.5 Å². The zero-order chi connectivity index (χ0) is 16.8. The summed E-state index contributed by atoms with van der Waals surface area (Å²) in [5.41, 5.74) is 0.963. The average Bonchev–Trinajstić information content (AvgIpc) is 2.97. The van der Waals surface area contributed by atoms with Gasteiger partial charge >= 0.3 is 0 Å². The first kappa shape index (κ1) is 17.7. The van der Waals surface area contributed by atoms with Crippen LogP contribution < -0.4 is 5.32 Å². The molecule has 1 aromatic heterocycles. The number of halogens is 1. The quantitative estimate of drug-likeness (QED) is 0.414. The third kappa shape index (κ3) is 3.46. The molecule has 3 rings (SSSR count). The van der Waals surface area contributed by atoms with E-state index >= 15 is 0 Å². The first-order chi connectivity index (χ1) is 10.8. The molecular formula is C15H22IN3O3S. The van der Waals surface area contributed by atoms with E-state index in [1.165, 1.54) is 11.8 Å². The highest BCUT2D eigenvalue weighted by Gasteiger charge is 2.53. The molecule has 4 atom stereocenters. The Balaban J connectivity index is 1.84. The standard InChI is InChI=1S/C15H22IN3O3S/c1-7-10(16)13(19-14(17-7)23-4)18-9-5-8(6-20)11-12(9)22-15(2,3)21-11/h8-9,11-12,20H,5-6H2,1-4H3,(H,17,18,19)/t8?,9?,11-,12+/m1/s1. The summed E-state index contributed by atoms with van der Waals surface area (Å²) in [4.78, 5) is 9.05. The third-order valence-electron chi connectivity index (χ3n) is 4.32. The van der Waals surface area contributed by atoms with Gasteiger partial charge in [0.2, 0.25) is 0 Å². The number of hydrogen-bond donors (Lipinski definition) is 2. The number of hydrogen-bond acceptors (Lipinski definition) is 7. The van der Waals surface area contributed by atoms with E-state index in [1.807, 2.05) is 27.0 Å². The van der Waals surface area contributed by atoms with E-state index < -0.39 is 5.79 Å². The molecule has 1 saturated carbocycles. The first-order valence-electron chi connectivity index (χ1n) is 7.66. The Labute approximate surface area is 154 Å². The van der Waals surface area contributed by atoms with Crippen molar-refractivity contribution in [3.05, 3.63) is 9.26 Å². The molecule has 1 saturated heterocycles. The van der Waals surface area contributed by atoms with E-state index in [1.54, 1.807) is 0 Å². The van der Waals surface area contributed by atoms with Gasteiger partial charge in [-0.25, -0.2) is 9.97 Å². The Bertz CT molecular complexity index is 602. The Kier molecular flexibility index (Phi) is 5.09. The predicted molar refractivity (Wildman–Crippen MR) is 97.7 cm³/mol. The van der Waals surface area contributed by atoms with Crippen LogP contribution in [0.1, 0.15) is 26.0 Å². The number of aromatic nitrogens is 2. The molecule has 8 heteroatoms. The van der Waals surface area contributed by atoms with E-state index in [0.717, 1.165) is 26.7 Å².